The molecule has 0 saturated heterocycles. The van der Waals surface area contributed by atoms with Crippen molar-refractivity contribution < 1.29 is 4.79 Å². The Bertz CT molecular complexity index is 1150. The van der Waals surface area contributed by atoms with Gasteiger partial charge in [0.1, 0.15) is 11.0 Å². The first-order valence-electron chi connectivity index (χ1n) is 8.20. The predicted octanol–water partition coefficient (Wildman–Crippen LogP) is 5.40. The molecule has 1 aromatic heterocycles. The topological polar surface area (TPSA) is 59.8 Å². The molecule has 0 bridgehead atoms. The molecule has 0 aliphatic carbocycles. The molecule has 0 aliphatic heterocycles. The Labute approximate surface area is 169 Å². The highest BCUT2D eigenvalue weighted by Crippen LogP contribution is 2.23. The third-order valence-electron chi connectivity index (χ3n) is 4.08. The number of fused-ring (bicyclic) bond motifs is 1. The summed E-state index contributed by atoms with van der Waals surface area (Å²) in [5.41, 5.74) is 4.51. The Morgan fingerprint density at radius 3 is 2.52 bits per heavy atom. The lowest BCUT2D eigenvalue weighted by Gasteiger charge is -2.07. The zero-order chi connectivity index (χ0) is 19.0. The van der Waals surface area contributed by atoms with Crippen molar-refractivity contribution in [3.8, 4) is 5.69 Å². The van der Waals surface area contributed by atoms with Crippen LogP contribution in [0.25, 0.3) is 16.7 Å². The number of anilines is 1. The number of hydrogen-bond acceptors (Lipinski definition) is 3. The number of benzene rings is 3. The number of hydrogen-bond donors (Lipinski definition) is 1. The van der Waals surface area contributed by atoms with Gasteiger partial charge in [0.25, 0.3) is 5.91 Å². The van der Waals surface area contributed by atoms with E-state index in [2.05, 4.69) is 31.4 Å². The second-order valence-electron chi connectivity index (χ2n) is 6.11. The van der Waals surface area contributed by atoms with Gasteiger partial charge in [-0.1, -0.05) is 45.2 Å². The number of amides is 1. The van der Waals surface area contributed by atoms with E-state index < -0.39 is 0 Å². The van der Waals surface area contributed by atoms with E-state index in [1.165, 1.54) is 5.56 Å². The van der Waals surface area contributed by atoms with E-state index in [0.29, 0.717) is 21.8 Å². The fourth-order valence-corrected chi connectivity index (χ4v) is 3.22. The van der Waals surface area contributed by atoms with Crippen LogP contribution in [0.15, 0.2) is 65.1 Å². The minimum Gasteiger partial charge on any atom is -0.322 e. The summed E-state index contributed by atoms with van der Waals surface area (Å²) in [5, 5.41) is 12.2. The maximum atomic E-state index is 12.5. The van der Waals surface area contributed by atoms with Gasteiger partial charge in [0.2, 0.25) is 0 Å². The highest BCUT2D eigenvalue weighted by Gasteiger charge is 2.12. The molecule has 1 heterocycles. The molecule has 0 fully saturated rings. The Hall–Kier alpha value is -2.70. The summed E-state index contributed by atoms with van der Waals surface area (Å²) < 4.78 is 0.786. The van der Waals surface area contributed by atoms with E-state index in [-0.39, 0.29) is 5.91 Å². The Balaban J connectivity index is 1.62. The molecule has 0 unspecified atom stereocenters. The quantitative estimate of drug-likeness (QED) is 0.463. The van der Waals surface area contributed by atoms with Crippen LogP contribution < -0.4 is 5.32 Å². The molecule has 1 amide bonds. The van der Waals surface area contributed by atoms with Gasteiger partial charge in [0, 0.05) is 10.2 Å². The van der Waals surface area contributed by atoms with E-state index in [1.54, 1.807) is 35.1 Å². The van der Waals surface area contributed by atoms with E-state index in [1.807, 2.05) is 37.3 Å². The van der Waals surface area contributed by atoms with Crippen molar-refractivity contribution in [1.29, 1.82) is 0 Å². The van der Waals surface area contributed by atoms with Gasteiger partial charge in [-0.05, 0) is 55.5 Å². The summed E-state index contributed by atoms with van der Waals surface area (Å²) in [4.78, 5) is 14.1. The van der Waals surface area contributed by atoms with Crippen LogP contribution in [0.4, 0.5) is 5.69 Å². The normalized spacial score (nSPS) is 10.9. The highest BCUT2D eigenvalue weighted by atomic mass is 79.9. The number of carbonyl (C=O) groups excluding carboxylic acids is 1. The number of halogens is 2. The molecule has 7 heteroatoms. The predicted molar refractivity (Wildman–Crippen MR) is 111 cm³/mol. The van der Waals surface area contributed by atoms with E-state index in [4.69, 9.17) is 11.6 Å². The van der Waals surface area contributed by atoms with Crippen LogP contribution in [0.3, 0.4) is 0 Å². The van der Waals surface area contributed by atoms with Crippen LogP contribution in [-0.4, -0.2) is 20.9 Å². The van der Waals surface area contributed by atoms with Crippen molar-refractivity contribution in [3.05, 3.63) is 81.3 Å². The zero-order valence-electron chi connectivity index (χ0n) is 14.3. The van der Waals surface area contributed by atoms with Gasteiger partial charge in [-0.25, -0.2) is 0 Å². The zero-order valence-corrected chi connectivity index (χ0v) is 16.6. The number of nitrogens with zero attached hydrogens (tertiary/aromatic N) is 3. The summed E-state index contributed by atoms with van der Waals surface area (Å²) >= 11 is 9.48. The third kappa shape index (κ3) is 3.72. The molecule has 0 aliphatic rings. The fourth-order valence-electron chi connectivity index (χ4n) is 2.66. The first kappa shape index (κ1) is 17.7. The molecule has 27 heavy (non-hydrogen) atoms. The lowest BCUT2D eigenvalue weighted by atomic mass is 10.2. The summed E-state index contributed by atoms with van der Waals surface area (Å²) in [6.07, 6.45) is 0. The van der Waals surface area contributed by atoms with E-state index in [9.17, 15) is 4.79 Å². The van der Waals surface area contributed by atoms with Crippen molar-refractivity contribution in [2.45, 2.75) is 6.92 Å². The number of carbonyl (C=O) groups is 1. The average molecular weight is 442 g/mol. The van der Waals surface area contributed by atoms with Gasteiger partial charge < -0.3 is 5.32 Å². The molecular weight excluding hydrogens is 428 g/mol. The minimum absolute atomic E-state index is 0.286. The molecule has 0 atom stereocenters. The minimum atomic E-state index is -0.286. The lowest BCUT2D eigenvalue weighted by molar-refractivity contribution is 0.102. The number of aryl methyl sites for hydroxylation is 1. The standard InChI is InChI=1S/C20H14BrClN4O/c1-12-2-6-15(7-3-12)26-24-18-9-5-14(11-19(18)25-26)23-20(27)16-10-13(21)4-8-17(16)22/h2-11H,1H3,(H,23,27). The Morgan fingerprint density at radius 1 is 1.00 bits per heavy atom. The summed E-state index contributed by atoms with van der Waals surface area (Å²) in [6.45, 7) is 2.03. The van der Waals surface area contributed by atoms with Crippen LogP contribution in [-0.2, 0) is 0 Å². The van der Waals surface area contributed by atoms with Crippen LogP contribution in [0.1, 0.15) is 15.9 Å². The molecule has 4 rings (SSSR count). The van der Waals surface area contributed by atoms with Gasteiger partial charge in [-0.2, -0.15) is 4.80 Å². The van der Waals surface area contributed by atoms with Crippen molar-refractivity contribution in [2.75, 3.05) is 5.32 Å². The van der Waals surface area contributed by atoms with Crippen LogP contribution in [0, 0.1) is 6.92 Å². The van der Waals surface area contributed by atoms with Gasteiger partial charge in [-0.15, -0.1) is 10.2 Å². The Kier molecular flexibility index (Phi) is 4.68. The molecule has 1 N–H and O–H groups in total. The summed E-state index contributed by atoms with van der Waals surface area (Å²) in [6, 6.07) is 18.5. The number of rotatable bonds is 3. The SMILES string of the molecule is Cc1ccc(-n2nc3ccc(NC(=O)c4cc(Br)ccc4Cl)cc3n2)cc1. The Morgan fingerprint density at radius 2 is 1.74 bits per heavy atom. The average Bonchev–Trinajstić information content (AvgIpc) is 3.07. The third-order valence-corrected chi connectivity index (χ3v) is 4.90. The molecule has 0 saturated carbocycles. The maximum absolute atomic E-state index is 12.5. The lowest BCUT2D eigenvalue weighted by Crippen LogP contribution is -2.12. The number of nitrogens with one attached hydrogen (secondary N) is 1. The highest BCUT2D eigenvalue weighted by molar-refractivity contribution is 9.10. The number of aromatic nitrogens is 3. The first-order valence-corrected chi connectivity index (χ1v) is 9.37. The van der Waals surface area contributed by atoms with Gasteiger partial charge in [0.15, 0.2) is 0 Å². The second-order valence-corrected chi connectivity index (χ2v) is 7.43. The van der Waals surface area contributed by atoms with Crippen LogP contribution in [0.2, 0.25) is 5.02 Å². The van der Waals surface area contributed by atoms with Gasteiger partial charge >= 0.3 is 0 Å². The molecule has 0 spiro atoms. The largest absolute Gasteiger partial charge is 0.322 e. The second kappa shape index (κ2) is 7.13. The summed E-state index contributed by atoms with van der Waals surface area (Å²) in [7, 11) is 0. The first-order chi connectivity index (χ1) is 13.0. The van der Waals surface area contributed by atoms with Crippen molar-refractivity contribution >= 4 is 50.2 Å². The van der Waals surface area contributed by atoms with Crippen molar-refractivity contribution in [2.24, 2.45) is 0 Å². The van der Waals surface area contributed by atoms with E-state index >= 15 is 0 Å². The molecule has 4 aromatic rings. The van der Waals surface area contributed by atoms with Gasteiger partial charge in [-0.3, -0.25) is 4.79 Å². The fraction of sp³-hybridized carbons (Fsp3) is 0.0500. The van der Waals surface area contributed by atoms with E-state index in [0.717, 1.165) is 15.7 Å². The molecule has 5 nitrogen and oxygen atoms in total. The van der Waals surface area contributed by atoms with Crippen molar-refractivity contribution in [1.82, 2.24) is 15.0 Å². The van der Waals surface area contributed by atoms with Crippen LogP contribution in [0.5, 0.6) is 0 Å². The van der Waals surface area contributed by atoms with Crippen molar-refractivity contribution in [3.63, 3.8) is 0 Å². The molecule has 3 aromatic carbocycles. The monoisotopic (exact) mass is 440 g/mol. The summed E-state index contributed by atoms with van der Waals surface area (Å²) in [5.74, 6) is -0.286. The van der Waals surface area contributed by atoms with Gasteiger partial charge in [0.05, 0.1) is 16.3 Å². The smallest absolute Gasteiger partial charge is 0.257 e. The van der Waals surface area contributed by atoms with Crippen LogP contribution >= 0.6 is 27.5 Å². The maximum Gasteiger partial charge on any atom is 0.257 e. The molecular formula is C20H14BrClN4O. The molecule has 134 valence electrons. The molecule has 0 radical (unpaired) electrons.